The Hall–Kier alpha value is -2.46. The molecule has 4 nitrogen and oxygen atoms in total. The van der Waals surface area contributed by atoms with Crippen LogP contribution in [0.15, 0.2) is 28.7 Å². The van der Waals surface area contributed by atoms with Crippen LogP contribution in [0.2, 0.25) is 0 Å². The van der Waals surface area contributed by atoms with Gasteiger partial charge in [-0.3, -0.25) is 0 Å². The highest BCUT2D eigenvalue weighted by molar-refractivity contribution is 5.86. The second-order valence-electron chi connectivity index (χ2n) is 3.48. The van der Waals surface area contributed by atoms with Gasteiger partial charge in [0.15, 0.2) is 5.75 Å². The summed E-state index contributed by atoms with van der Waals surface area (Å²) in [6.45, 7) is 0.408. The van der Waals surface area contributed by atoms with Gasteiger partial charge in [-0.2, -0.15) is 10.5 Å². The molecule has 0 bridgehead atoms. The zero-order valence-corrected chi connectivity index (χ0v) is 9.14. The number of hydrogen-bond donors (Lipinski definition) is 0. The topological polar surface area (TPSA) is 69.9 Å². The van der Waals surface area contributed by atoms with Crippen LogP contribution >= 0.6 is 0 Å². The van der Waals surface area contributed by atoms with Crippen molar-refractivity contribution in [3.63, 3.8) is 0 Å². The van der Waals surface area contributed by atoms with Crippen LogP contribution in [0.5, 0.6) is 5.75 Å². The average molecular weight is 226 g/mol. The molecule has 0 aliphatic carbocycles. The van der Waals surface area contributed by atoms with Crippen LogP contribution in [-0.2, 0) is 0 Å². The first kappa shape index (κ1) is 11.0. The number of unbranched alkanes of at least 4 members (excludes halogenated alkanes) is 1. The van der Waals surface area contributed by atoms with Crippen molar-refractivity contribution >= 4 is 11.0 Å². The van der Waals surface area contributed by atoms with Gasteiger partial charge < -0.3 is 9.15 Å². The third-order valence-electron chi connectivity index (χ3n) is 2.33. The van der Waals surface area contributed by atoms with Gasteiger partial charge in [-0.15, -0.1) is 0 Å². The molecule has 17 heavy (non-hydrogen) atoms. The molecule has 0 saturated carbocycles. The van der Waals surface area contributed by atoms with Crippen molar-refractivity contribution in [3.05, 3.63) is 30.0 Å². The van der Waals surface area contributed by atoms with Crippen molar-refractivity contribution in [2.24, 2.45) is 0 Å². The van der Waals surface area contributed by atoms with E-state index in [4.69, 9.17) is 19.7 Å². The monoisotopic (exact) mass is 226 g/mol. The van der Waals surface area contributed by atoms with E-state index in [-0.39, 0.29) is 5.76 Å². The average Bonchev–Trinajstić information content (AvgIpc) is 2.73. The maximum Gasteiger partial charge on any atom is 0.246 e. The van der Waals surface area contributed by atoms with Crippen molar-refractivity contribution in [3.8, 4) is 17.9 Å². The molecule has 0 fully saturated rings. The number of nitriles is 2. The Morgan fingerprint density at radius 2 is 2.06 bits per heavy atom. The molecule has 2 aromatic rings. The molecule has 1 aromatic carbocycles. The minimum Gasteiger partial charge on any atom is -0.488 e. The summed E-state index contributed by atoms with van der Waals surface area (Å²) in [5.41, 5.74) is 0.638. The third-order valence-corrected chi connectivity index (χ3v) is 2.33. The second-order valence-corrected chi connectivity index (χ2v) is 3.48. The van der Waals surface area contributed by atoms with E-state index in [1.165, 1.54) is 0 Å². The van der Waals surface area contributed by atoms with Crippen LogP contribution in [-0.4, -0.2) is 6.61 Å². The van der Waals surface area contributed by atoms with Gasteiger partial charge in [0.2, 0.25) is 5.76 Å². The summed E-state index contributed by atoms with van der Waals surface area (Å²) in [5, 5.41) is 18.2. The summed E-state index contributed by atoms with van der Waals surface area (Å²) >= 11 is 0. The van der Waals surface area contributed by atoms with E-state index in [0.29, 0.717) is 30.8 Å². The van der Waals surface area contributed by atoms with Gasteiger partial charge >= 0.3 is 0 Å². The fourth-order valence-electron chi connectivity index (χ4n) is 1.56. The Kier molecular flexibility index (Phi) is 3.28. The van der Waals surface area contributed by atoms with E-state index in [0.717, 1.165) is 5.39 Å². The molecule has 0 aliphatic rings. The van der Waals surface area contributed by atoms with Crippen LogP contribution in [0.1, 0.15) is 18.6 Å². The first-order valence-electron chi connectivity index (χ1n) is 5.28. The second kappa shape index (κ2) is 5.05. The Morgan fingerprint density at radius 1 is 1.24 bits per heavy atom. The molecule has 1 aromatic heterocycles. The molecule has 0 atom stereocenters. The number of furan rings is 1. The lowest BCUT2D eigenvalue weighted by Gasteiger charge is -2.02. The van der Waals surface area contributed by atoms with Crippen molar-refractivity contribution in [1.29, 1.82) is 10.5 Å². The quantitative estimate of drug-likeness (QED) is 0.751. The first-order valence-corrected chi connectivity index (χ1v) is 5.28. The van der Waals surface area contributed by atoms with Crippen LogP contribution in [0.3, 0.4) is 0 Å². The van der Waals surface area contributed by atoms with E-state index in [9.17, 15) is 0 Å². The Morgan fingerprint density at radius 3 is 2.82 bits per heavy atom. The number of ether oxygens (including phenoxy) is 1. The minimum atomic E-state index is 0.183. The molecule has 0 unspecified atom stereocenters. The Labute approximate surface area is 98.6 Å². The maximum absolute atomic E-state index is 8.95. The summed E-state index contributed by atoms with van der Waals surface area (Å²) in [5.74, 6) is 0.657. The molecular weight excluding hydrogens is 216 g/mol. The number of nitrogens with zero attached hydrogens (tertiary/aromatic N) is 2. The zero-order chi connectivity index (χ0) is 12.1. The third kappa shape index (κ3) is 2.21. The summed E-state index contributed by atoms with van der Waals surface area (Å²) in [4.78, 5) is 0. The molecule has 1 heterocycles. The summed E-state index contributed by atoms with van der Waals surface area (Å²) in [6, 6.07) is 11.4. The number of rotatable bonds is 4. The minimum absolute atomic E-state index is 0.183. The van der Waals surface area contributed by atoms with Crippen molar-refractivity contribution in [1.82, 2.24) is 0 Å². The fraction of sp³-hybridized carbons (Fsp3) is 0.231. The zero-order valence-electron chi connectivity index (χ0n) is 9.14. The van der Waals surface area contributed by atoms with Crippen molar-refractivity contribution in [2.45, 2.75) is 12.8 Å². The van der Waals surface area contributed by atoms with Gasteiger partial charge in [-0.1, -0.05) is 12.1 Å². The number of benzene rings is 1. The van der Waals surface area contributed by atoms with Gasteiger partial charge in [-0.05, 0) is 18.6 Å². The maximum atomic E-state index is 8.95. The largest absolute Gasteiger partial charge is 0.488 e. The Balaban J connectivity index is 2.26. The lowest BCUT2D eigenvalue weighted by molar-refractivity contribution is 0.310. The summed E-state index contributed by atoms with van der Waals surface area (Å²) < 4.78 is 10.9. The molecule has 0 aliphatic heterocycles. The SMILES string of the molecule is N#CCCCOc1c(C#N)oc2ccccc12. The van der Waals surface area contributed by atoms with Gasteiger partial charge in [0.1, 0.15) is 11.7 Å². The summed E-state index contributed by atoms with van der Waals surface area (Å²) in [7, 11) is 0. The molecule has 84 valence electrons. The van der Waals surface area contributed by atoms with E-state index < -0.39 is 0 Å². The highest BCUT2D eigenvalue weighted by Gasteiger charge is 2.14. The molecule has 4 heteroatoms. The van der Waals surface area contributed by atoms with Crippen LogP contribution in [0.4, 0.5) is 0 Å². The molecule has 0 N–H and O–H groups in total. The lowest BCUT2D eigenvalue weighted by Crippen LogP contribution is -1.97. The van der Waals surface area contributed by atoms with Gasteiger partial charge in [-0.25, -0.2) is 0 Å². The van der Waals surface area contributed by atoms with E-state index in [1.807, 2.05) is 30.3 Å². The molecule has 0 spiro atoms. The van der Waals surface area contributed by atoms with Crippen molar-refractivity contribution in [2.75, 3.05) is 6.61 Å². The van der Waals surface area contributed by atoms with Gasteiger partial charge in [0.05, 0.1) is 18.1 Å². The van der Waals surface area contributed by atoms with Gasteiger partial charge in [0.25, 0.3) is 0 Å². The highest BCUT2D eigenvalue weighted by atomic mass is 16.5. The number of fused-ring (bicyclic) bond motifs is 1. The van der Waals surface area contributed by atoms with Crippen LogP contribution in [0, 0.1) is 22.7 Å². The van der Waals surface area contributed by atoms with E-state index >= 15 is 0 Å². The number of hydrogen-bond acceptors (Lipinski definition) is 4. The van der Waals surface area contributed by atoms with Crippen molar-refractivity contribution < 1.29 is 9.15 Å². The van der Waals surface area contributed by atoms with Crippen LogP contribution in [0.25, 0.3) is 11.0 Å². The van der Waals surface area contributed by atoms with Gasteiger partial charge in [0, 0.05) is 6.42 Å². The molecule has 0 amide bonds. The fourth-order valence-corrected chi connectivity index (χ4v) is 1.56. The smallest absolute Gasteiger partial charge is 0.246 e. The normalized spacial score (nSPS) is 9.76. The molecular formula is C13H10N2O2. The van der Waals surface area contributed by atoms with E-state index in [1.54, 1.807) is 6.07 Å². The standard InChI is InChI=1S/C13H10N2O2/c14-7-3-4-8-16-13-10-5-1-2-6-11(10)17-12(13)9-15/h1-2,5-6H,3-4,8H2. The van der Waals surface area contributed by atoms with E-state index in [2.05, 4.69) is 0 Å². The Bertz CT molecular complexity index is 602. The van der Waals surface area contributed by atoms with Crippen LogP contribution < -0.4 is 4.74 Å². The lowest BCUT2D eigenvalue weighted by atomic mass is 10.2. The predicted molar refractivity (Wildman–Crippen MR) is 61.3 cm³/mol. The molecule has 0 radical (unpaired) electrons. The highest BCUT2D eigenvalue weighted by Crippen LogP contribution is 2.32. The summed E-state index contributed by atoms with van der Waals surface area (Å²) in [6.07, 6.45) is 1.08. The molecule has 2 rings (SSSR count). The number of para-hydroxylation sites is 1. The molecule has 0 saturated heterocycles. The first-order chi connectivity index (χ1) is 8.36. The predicted octanol–water partition coefficient (Wildman–Crippen LogP) is 2.99.